The van der Waals surface area contributed by atoms with Crippen molar-refractivity contribution in [2.75, 3.05) is 0 Å². The molecule has 2 heterocycles. The summed E-state index contributed by atoms with van der Waals surface area (Å²) in [6, 6.07) is 62.6. The van der Waals surface area contributed by atoms with E-state index in [9.17, 15) is 0 Å². The fourth-order valence-corrected chi connectivity index (χ4v) is 7.49. The van der Waals surface area contributed by atoms with Gasteiger partial charge in [-0.25, -0.2) is 9.97 Å². The van der Waals surface area contributed by atoms with Gasteiger partial charge in [-0.2, -0.15) is 0 Å². The number of nitrogens with zero attached hydrogens (tertiary/aromatic N) is 3. The van der Waals surface area contributed by atoms with Crippen LogP contribution in [0.1, 0.15) is 0 Å². The molecule has 228 valence electrons. The summed E-state index contributed by atoms with van der Waals surface area (Å²) in [6.07, 6.45) is 0. The Bertz CT molecular complexity index is 2770. The van der Waals surface area contributed by atoms with E-state index in [0.717, 1.165) is 33.4 Å². The van der Waals surface area contributed by atoms with Crippen molar-refractivity contribution in [3.8, 4) is 39.5 Å². The summed E-state index contributed by atoms with van der Waals surface area (Å²) in [4.78, 5) is 10.3. The van der Waals surface area contributed by atoms with Gasteiger partial charge in [-0.3, -0.25) is 0 Å². The Hall–Kier alpha value is -6.58. The zero-order valence-electron chi connectivity index (χ0n) is 26.6. The highest BCUT2D eigenvalue weighted by atomic mass is 15.0. The van der Waals surface area contributed by atoms with Crippen LogP contribution < -0.4 is 0 Å². The predicted octanol–water partition coefficient (Wildman–Crippen LogP) is 12.0. The summed E-state index contributed by atoms with van der Waals surface area (Å²) in [7, 11) is 0. The van der Waals surface area contributed by atoms with Gasteiger partial charge in [0.1, 0.15) is 0 Å². The second-order valence-electron chi connectivity index (χ2n) is 12.6. The first-order valence-corrected chi connectivity index (χ1v) is 16.7. The zero-order valence-corrected chi connectivity index (χ0v) is 26.6. The van der Waals surface area contributed by atoms with E-state index in [1.165, 1.54) is 54.5 Å². The molecule has 0 aliphatic heterocycles. The molecule has 0 saturated heterocycles. The van der Waals surface area contributed by atoms with Crippen LogP contribution in [0.25, 0.3) is 93.7 Å². The Kier molecular flexibility index (Phi) is 6.18. The Morgan fingerprint density at radius 2 is 0.939 bits per heavy atom. The van der Waals surface area contributed by atoms with Gasteiger partial charge in [-0.05, 0) is 81.2 Å². The number of hydrogen-bond acceptors (Lipinski definition) is 2. The first kappa shape index (κ1) is 27.5. The number of benzene rings is 8. The maximum atomic E-state index is 5.22. The molecular weight excluding hydrogens is 595 g/mol. The molecule has 0 aliphatic carbocycles. The highest BCUT2D eigenvalue weighted by Gasteiger charge is 2.18. The summed E-state index contributed by atoms with van der Waals surface area (Å²) in [5, 5.41) is 8.64. The van der Waals surface area contributed by atoms with Crippen molar-refractivity contribution in [1.29, 1.82) is 0 Å². The van der Waals surface area contributed by atoms with E-state index in [4.69, 9.17) is 9.97 Å². The van der Waals surface area contributed by atoms with E-state index in [1.807, 2.05) is 12.1 Å². The van der Waals surface area contributed by atoms with Crippen LogP contribution >= 0.6 is 0 Å². The first-order valence-electron chi connectivity index (χ1n) is 16.7. The number of rotatable bonds is 4. The van der Waals surface area contributed by atoms with Crippen LogP contribution in [0, 0.1) is 0 Å². The average molecular weight is 624 g/mol. The Balaban J connectivity index is 1.14. The lowest BCUT2D eigenvalue weighted by molar-refractivity contribution is 1.17. The molecule has 2 aromatic heterocycles. The molecule has 0 saturated carbocycles. The largest absolute Gasteiger partial charge is 0.309 e. The quantitative estimate of drug-likeness (QED) is 0.195. The summed E-state index contributed by atoms with van der Waals surface area (Å²) >= 11 is 0. The van der Waals surface area contributed by atoms with Gasteiger partial charge in [-0.15, -0.1) is 0 Å². The van der Waals surface area contributed by atoms with Gasteiger partial charge in [0.15, 0.2) is 5.82 Å². The topological polar surface area (TPSA) is 30.7 Å². The van der Waals surface area contributed by atoms with Gasteiger partial charge in [0.2, 0.25) is 0 Å². The van der Waals surface area contributed by atoms with E-state index in [1.54, 1.807) is 0 Å². The van der Waals surface area contributed by atoms with Crippen molar-refractivity contribution in [1.82, 2.24) is 14.5 Å². The molecule has 10 rings (SSSR count). The standard InChI is InChI=1S/C46H29N3/c1-2-11-30(12-3-1)34-15-10-16-35(29-34)45-39-19-8-9-20-40(39)47-46(48-45)33-21-25-36(26-22-33)49-41-27-23-31-13-4-6-17-37(31)43(41)44-38-18-7-5-14-32(38)24-28-42(44)49/h1-29H. The predicted molar refractivity (Wildman–Crippen MR) is 205 cm³/mol. The smallest absolute Gasteiger partial charge is 0.160 e. The second kappa shape index (κ2) is 11.0. The fraction of sp³-hybridized carbons (Fsp3) is 0. The van der Waals surface area contributed by atoms with Gasteiger partial charge in [0.25, 0.3) is 0 Å². The molecule has 0 spiro atoms. The SMILES string of the molecule is c1ccc(-c2cccc(-c3nc(-c4ccc(-n5c6ccc7ccccc7c6c6c7ccccc7ccc65)cc4)nc4ccccc34)c2)cc1. The van der Waals surface area contributed by atoms with Crippen LogP contribution in [0.5, 0.6) is 0 Å². The number of para-hydroxylation sites is 1. The van der Waals surface area contributed by atoms with Gasteiger partial charge in [0, 0.05) is 33.0 Å². The third kappa shape index (κ3) is 4.44. The van der Waals surface area contributed by atoms with Crippen LogP contribution in [0.3, 0.4) is 0 Å². The van der Waals surface area contributed by atoms with Crippen LogP contribution in [-0.2, 0) is 0 Å². The maximum Gasteiger partial charge on any atom is 0.160 e. The minimum absolute atomic E-state index is 0.713. The van der Waals surface area contributed by atoms with Crippen LogP contribution in [0.15, 0.2) is 176 Å². The molecule has 0 aliphatic rings. The molecule has 0 bridgehead atoms. The molecule has 3 nitrogen and oxygen atoms in total. The number of aromatic nitrogens is 3. The molecule has 0 radical (unpaired) electrons. The van der Waals surface area contributed by atoms with Gasteiger partial charge in [0.05, 0.1) is 22.2 Å². The van der Waals surface area contributed by atoms with E-state index in [2.05, 4.69) is 168 Å². The highest BCUT2D eigenvalue weighted by molar-refractivity contribution is 6.28. The summed E-state index contributed by atoms with van der Waals surface area (Å²) in [5.41, 5.74) is 9.75. The van der Waals surface area contributed by atoms with Crippen molar-refractivity contribution in [3.63, 3.8) is 0 Å². The first-order chi connectivity index (χ1) is 24.3. The summed E-state index contributed by atoms with van der Waals surface area (Å²) in [6.45, 7) is 0. The van der Waals surface area contributed by atoms with Crippen molar-refractivity contribution in [3.05, 3.63) is 176 Å². The molecule has 0 N–H and O–H groups in total. The lowest BCUT2D eigenvalue weighted by atomic mass is 9.99. The third-order valence-corrected chi connectivity index (χ3v) is 9.78. The van der Waals surface area contributed by atoms with E-state index in [-0.39, 0.29) is 0 Å². The van der Waals surface area contributed by atoms with E-state index in [0.29, 0.717) is 5.82 Å². The molecule has 10 aromatic rings. The summed E-state index contributed by atoms with van der Waals surface area (Å²) < 4.78 is 2.40. The molecule has 0 amide bonds. The van der Waals surface area contributed by atoms with E-state index >= 15 is 0 Å². The zero-order chi connectivity index (χ0) is 32.3. The molecule has 3 heteroatoms. The van der Waals surface area contributed by atoms with Crippen molar-refractivity contribution in [2.45, 2.75) is 0 Å². The normalized spacial score (nSPS) is 11.7. The van der Waals surface area contributed by atoms with Crippen molar-refractivity contribution in [2.24, 2.45) is 0 Å². The summed E-state index contributed by atoms with van der Waals surface area (Å²) in [5.74, 6) is 0.713. The number of hydrogen-bond donors (Lipinski definition) is 0. The Morgan fingerprint density at radius 3 is 1.63 bits per heavy atom. The van der Waals surface area contributed by atoms with E-state index < -0.39 is 0 Å². The monoisotopic (exact) mass is 623 g/mol. The van der Waals surface area contributed by atoms with Gasteiger partial charge in [-0.1, -0.05) is 127 Å². The third-order valence-electron chi connectivity index (χ3n) is 9.78. The Morgan fingerprint density at radius 1 is 0.367 bits per heavy atom. The van der Waals surface area contributed by atoms with Crippen molar-refractivity contribution >= 4 is 54.3 Å². The lowest BCUT2D eigenvalue weighted by Gasteiger charge is -2.12. The minimum Gasteiger partial charge on any atom is -0.309 e. The Labute approximate surface area is 283 Å². The highest BCUT2D eigenvalue weighted by Crippen LogP contribution is 2.41. The fourth-order valence-electron chi connectivity index (χ4n) is 7.49. The van der Waals surface area contributed by atoms with Crippen LogP contribution in [0.4, 0.5) is 0 Å². The molecule has 49 heavy (non-hydrogen) atoms. The van der Waals surface area contributed by atoms with Crippen molar-refractivity contribution < 1.29 is 0 Å². The molecule has 0 atom stereocenters. The van der Waals surface area contributed by atoms with Crippen LogP contribution in [0.2, 0.25) is 0 Å². The lowest BCUT2D eigenvalue weighted by Crippen LogP contribution is -1.97. The molecule has 0 unspecified atom stereocenters. The maximum absolute atomic E-state index is 5.22. The molecule has 0 fully saturated rings. The minimum atomic E-state index is 0.713. The molecular formula is C46H29N3. The van der Waals surface area contributed by atoms with Gasteiger partial charge < -0.3 is 4.57 Å². The van der Waals surface area contributed by atoms with Crippen LogP contribution in [-0.4, -0.2) is 14.5 Å². The molecule has 8 aromatic carbocycles. The average Bonchev–Trinajstić information content (AvgIpc) is 3.53. The van der Waals surface area contributed by atoms with Gasteiger partial charge >= 0.3 is 0 Å². The second-order valence-corrected chi connectivity index (χ2v) is 12.6. The number of fused-ring (bicyclic) bond motifs is 8.